The van der Waals surface area contributed by atoms with E-state index in [-0.39, 0.29) is 5.82 Å². The van der Waals surface area contributed by atoms with Crippen LogP contribution in [0.5, 0.6) is 0 Å². The van der Waals surface area contributed by atoms with Crippen molar-refractivity contribution in [2.75, 3.05) is 0 Å². The molecule has 0 spiro atoms. The second kappa shape index (κ2) is 4.61. The molecule has 1 rings (SSSR count). The Labute approximate surface area is 91.8 Å². The third-order valence-corrected chi connectivity index (χ3v) is 3.06. The molecule has 0 saturated heterocycles. The first-order valence-electron chi connectivity index (χ1n) is 5.43. The fourth-order valence-electron chi connectivity index (χ4n) is 1.68. The zero-order valence-electron chi connectivity index (χ0n) is 10.0. The van der Waals surface area contributed by atoms with Crippen LogP contribution in [-0.4, -0.2) is 0 Å². The van der Waals surface area contributed by atoms with Crippen molar-refractivity contribution in [3.8, 4) is 0 Å². The Hall–Kier alpha value is -1.11. The van der Waals surface area contributed by atoms with Gasteiger partial charge in [-0.1, -0.05) is 26.5 Å². The lowest BCUT2D eigenvalue weighted by Gasteiger charge is -2.16. The van der Waals surface area contributed by atoms with Crippen molar-refractivity contribution in [2.24, 2.45) is 5.92 Å². The van der Waals surface area contributed by atoms with Crippen molar-refractivity contribution >= 4 is 5.57 Å². The Bertz CT molecular complexity index is 377. The van der Waals surface area contributed by atoms with Gasteiger partial charge in [-0.15, -0.1) is 0 Å². The predicted molar refractivity (Wildman–Crippen MR) is 64.4 cm³/mol. The van der Waals surface area contributed by atoms with E-state index in [1.54, 1.807) is 13.0 Å². The van der Waals surface area contributed by atoms with E-state index in [0.717, 1.165) is 23.1 Å². The van der Waals surface area contributed by atoms with Crippen LogP contribution < -0.4 is 0 Å². The monoisotopic (exact) mass is 206 g/mol. The van der Waals surface area contributed by atoms with E-state index in [0.29, 0.717) is 11.5 Å². The molecule has 0 saturated carbocycles. The Morgan fingerprint density at radius 2 is 1.93 bits per heavy atom. The van der Waals surface area contributed by atoms with Crippen molar-refractivity contribution in [2.45, 2.75) is 34.1 Å². The lowest BCUT2D eigenvalue weighted by molar-refractivity contribution is 0.616. The number of rotatable bonds is 3. The standard InChI is InChI=1S/C14H19F/c1-6-9(2)12(5)13-8-14(15)11(4)7-10(13)3/h7-9H,5-6H2,1-4H3. The van der Waals surface area contributed by atoms with Crippen molar-refractivity contribution < 1.29 is 4.39 Å². The third kappa shape index (κ3) is 2.47. The summed E-state index contributed by atoms with van der Waals surface area (Å²) in [6, 6.07) is 3.50. The Morgan fingerprint density at radius 1 is 1.33 bits per heavy atom. The zero-order chi connectivity index (χ0) is 11.6. The van der Waals surface area contributed by atoms with Crippen LogP contribution in [0.1, 0.15) is 37.0 Å². The Kier molecular flexibility index (Phi) is 3.67. The van der Waals surface area contributed by atoms with Gasteiger partial charge in [0.2, 0.25) is 0 Å². The lowest BCUT2D eigenvalue weighted by atomic mass is 9.90. The molecule has 82 valence electrons. The summed E-state index contributed by atoms with van der Waals surface area (Å²) in [6.45, 7) is 12.1. The molecule has 0 aromatic heterocycles. The highest BCUT2D eigenvalue weighted by Crippen LogP contribution is 2.28. The smallest absolute Gasteiger partial charge is 0.126 e. The first-order valence-corrected chi connectivity index (χ1v) is 5.43. The minimum Gasteiger partial charge on any atom is -0.207 e. The van der Waals surface area contributed by atoms with Gasteiger partial charge in [0.15, 0.2) is 0 Å². The van der Waals surface area contributed by atoms with E-state index >= 15 is 0 Å². The van der Waals surface area contributed by atoms with Gasteiger partial charge < -0.3 is 0 Å². The molecule has 1 aromatic rings. The molecule has 0 amide bonds. The molecule has 1 atom stereocenters. The minimum atomic E-state index is -0.139. The molecule has 1 heteroatoms. The largest absolute Gasteiger partial charge is 0.207 e. The molecule has 0 N–H and O–H groups in total. The third-order valence-electron chi connectivity index (χ3n) is 3.06. The quantitative estimate of drug-likeness (QED) is 0.683. The molecule has 0 aliphatic rings. The summed E-state index contributed by atoms with van der Waals surface area (Å²) >= 11 is 0. The van der Waals surface area contributed by atoms with Crippen molar-refractivity contribution in [1.29, 1.82) is 0 Å². The fraction of sp³-hybridized carbons (Fsp3) is 0.429. The second-order valence-corrected chi connectivity index (χ2v) is 4.25. The van der Waals surface area contributed by atoms with Gasteiger partial charge in [0, 0.05) is 0 Å². The molecule has 1 unspecified atom stereocenters. The van der Waals surface area contributed by atoms with E-state index in [9.17, 15) is 4.39 Å². The van der Waals surface area contributed by atoms with Crippen LogP contribution in [0.2, 0.25) is 0 Å². The van der Waals surface area contributed by atoms with Crippen LogP contribution in [-0.2, 0) is 0 Å². The molecule has 15 heavy (non-hydrogen) atoms. The normalized spacial score (nSPS) is 12.6. The van der Waals surface area contributed by atoms with Crippen LogP contribution in [0.3, 0.4) is 0 Å². The summed E-state index contributed by atoms with van der Waals surface area (Å²) in [5.41, 5.74) is 3.81. The van der Waals surface area contributed by atoms with Crippen molar-refractivity contribution in [1.82, 2.24) is 0 Å². The van der Waals surface area contributed by atoms with Gasteiger partial charge in [-0.3, -0.25) is 0 Å². The van der Waals surface area contributed by atoms with Gasteiger partial charge in [0.1, 0.15) is 5.82 Å². The lowest BCUT2D eigenvalue weighted by Crippen LogP contribution is -1.99. The second-order valence-electron chi connectivity index (χ2n) is 4.25. The predicted octanol–water partition coefficient (Wildman–Crippen LogP) is 4.50. The maximum Gasteiger partial charge on any atom is 0.126 e. The summed E-state index contributed by atoms with van der Waals surface area (Å²) < 4.78 is 13.4. The highest BCUT2D eigenvalue weighted by atomic mass is 19.1. The highest BCUT2D eigenvalue weighted by molar-refractivity contribution is 5.68. The molecule has 0 aliphatic heterocycles. The van der Waals surface area contributed by atoms with Gasteiger partial charge in [-0.25, -0.2) is 4.39 Å². The highest BCUT2D eigenvalue weighted by Gasteiger charge is 2.11. The van der Waals surface area contributed by atoms with Crippen LogP contribution in [0, 0.1) is 25.6 Å². The summed E-state index contributed by atoms with van der Waals surface area (Å²) in [5, 5.41) is 0. The molecule has 0 fully saturated rings. The van der Waals surface area contributed by atoms with Crippen LogP contribution in [0.25, 0.3) is 5.57 Å². The molecule has 0 heterocycles. The Morgan fingerprint density at radius 3 is 2.47 bits per heavy atom. The molecule has 0 radical (unpaired) electrons. The summed E-state index contributed by atoms with van der Waals surface area (Å²) in [6.07, 6.45) is 1.04. The minimum absolute atomic E-state index is 0.139. The molecule has 1 aromatic carbocycles. The average molecular weight is 206 g/mol. The van der Waals surface area contributed by atoms with E-state index < -0.39 is 0 Å². The SMILES string of the molecule is C=C(c1cc(F)c(C)cc1C)C(C)CC. The first-order chi connectivity index (χ1) is 6.97. The molecular weight excluding hydrogens is 187 g/mol. The maximum absolute atomic E-state index is 13.4. The van der Waals surface area contributed by atoms with E-state index in [4.69, 9.17) is 0 Å². The molecule has 0 nitrogen and oxygen atoms in total. The number of allylic oxidation sites excluding steroid dienone is 1. The summed E-state index contributed by atoms with van der Waals surface area (Å²) in [7, 11) is 0. The van der Waals surface area contributed by atoms with Gasteiger partial charge in [0.05, 0.1) is 0 Å². The first kappa shape index (κ1) is 12.0. The average Bonchev–Trinajstić information content (AvgIpc) is 2.21. The molecular formula is C14H19F. The van der Waals surface area contributed by atoms with Crippen LogP contribution in [0.4, 0.5) is 4.39 Å². The zero-order valence-corrected chi connectivity index (χ0v) is 10.0. The van der Waals surface area contributed by atoms with Gasteiger partial charge >= 0.3 is 0 Å². The van der Waals surface area contributed by atoms with Crippen molar-refractivity contribution in [3.63, 3.8) is 0 Å². The number of hydrogen-bond donors (Lipinski definition) is 0. The van der Waals surface area contributed by atoms with Crippen LogP contribution >= 0.6 is 0 Å². The van der Waals surface area contributed by atoms with Gasteiger partial charge in [0.25, 0.3) is 0 Å². The summed E-state index contributed by atoms with van der Waals surface area (Å²) in [5.74, 6) is 0.269. The number of hydrogen-bond acceptors (Lipinski definition) is 0. The summed E-state index contributed by atoms with van der Waals surface area (Å²) in [4.78, 5) is 0. The topological polar surface area (TPSA) is 0 Å². The van der Waals surface area contributed by atoms with Crippen molar-refractivity contribution in [3.05, 3.63) is 41.2 Å². The van der Waals surface area contributed by atoms with Gasteiger partial charge in [-0.05, 0) is 54.5 Å². The number of aryl methyl sites for hydroxylation is 2. The van der Waals surface area contributed by atoms with E-state index in [1.807, 2.05) is 13.0 Å². The number of benzene rings is 1. The molecule has 0 aliphatic carbocycles. The fourth-order valence-corrected chi connectivity index (χ4v) is 1.68. The maximum atomic E-state index is 13.4. The van der Waals surface area contributed by atoms with E-state index in [1.165, 1.54) is 0 Å². The Balaban J connectivity index is 3.15. The van der Waals surface area contributed by atoms with Crippen LogP contribution in [0.15, 0.2) is 18.7 Å². The van der Waals surface area contributed by atoms with E-state index in [2.05, 4.69) is 20.4 Å². The van der Waals surface area contributed by atoms with Gasteiger partial charge in [-0.2, -0.15) is 0 Å². The molecule has 0 bridgehead atoms. The number of halogens is 1.